The maximum atomic E-state index is 12.4. The fourth-order valence-electron chi connectivity index (χ4n) is 2.50. The highest BCUT2D eigenvalue weighted by molar-refractivity contribution is 6.09. The van der Waals surface area contributed by atoms with Crippen molar-refractivity contribution in [2.75, 3.05) is 6.61 Å². The maximum Gasteiger partial charge on any atom is 0.193 e. The van der Waals surface area contributed by atoms with Crippen molar-refractivity contribution in [3.63, 3.8) is 0 Å². The van der Waals surface area contributed by atoms with Crippen molar-refractivity contribution in [3.8, 4) is 16.9 Å². The predicted molar refractivity (Wildman–Crippen MR) is 97.9 cm³/mol. The molecule has 3 nitrogen and oxygen atoms in total. The molecule has 0 aromatic heterocycles. The molecule has 0 saturated heterocycles. The molecular weight excluding hydrogens is 312 g/mol. The second-order valence-electron chi connectivity index (χ2n) is 5.79. The van der Waals surface area contributed by atoms with Crippen LogP contribution in [0, 0.1) is 0 Å². The maximum absolute atomic E-state index is 12.4. The minimum atomic E-state index is -0.0113. The average molecular weight is 330 g/mol. The van der Waals surface area contributed by atoms with Crippen LogP contribution < -0.4 is 4.74 Å². The van der Waals surface area contributed by atoms with Gasteiger partial charge in [0.2, 0.25) is 0 Å². The first-order valence-corrected chi connectivity index (χ1v) is 8.06. The molecule has 0 heterocycles. The minimum absolute atomic E-state index is 0.0113. The Balaban J connectivity index is 1.74. The summed E-state index contributed by atoms with van der Waals surface area (Å²) >= 11 is 0. The Morgan fingerprint density at radius 3 is 1.80 bits per heavy atom. The van der Waals surface area contributed by atoms with E-state index in [2.05, 4.69) is 0 Å². The molecule has 0 saturated carbocycles. The third-order valence-electron chi connectivity index (χ3n) is 3.81. The van der Waals surface area contributed by atoms with Gasteiger partial charge in [-0.25, -0.2) is 0 Å². The molecule has 3 rings (SSSR count). The normalized spacial score (nSPS) is 10.3. The highest BCUT2D eigenvalue weighted by Gasteiger charge is 2.08. The SMILES string of the molecule is CC(=O)COc1ccc(-c2ccc(C(=O)c3ccccc3)cc2)cc1. The van der Waals surface area contributed by atoms with Gasteiger partial charge < -0.3 is 4.74 Å². The highest BCUT2D eigenvalue weighted by Crippen LogP contribution is 2.23. The fraction of sp³-hybridized carbons (Fsp3) is 0.0909. The number of ether oxygens (including phenoxy) is 1. The molecule has 0 fully saturated rings. The van der Waals surface area contributed by atoms with Gasteiger partial charge in [0.1, 0.15) is 12.4 Å². The molecule has 3 aromatic rings. The second-order valence-corrected chi connectivity index (χ2v) is 5.79. The molecule has 0 bridgehead atoms. The monoisotopic (exact) mass is 330 g/mol. The Bertz CT molecular complexity index is 863. The number of hydrogen-bond donors (Lipinski definition) is 0. The van der Waals surface area contributed by atoms with E-state index in [0.717, 1.165) is 11.1 Å². The lowest BCUT2D eigenvalue weighted by Gasteiger charge is -2.07. The lowest BCUT2D eigenvalue weighted by molar-refractivity contribution is -0.118. The number of ketones is 2. The van der Waals surface area contributed by atoms with E-state index in [-0.39, 0.29) is 18.2 Å². The van der Waals surface area contributed by atoms with E-state index in [1.54, 1.807) is 0 Å². The Kier molecular flexibility index (Phi) is 5.05. The van der Waals surface area contributed by atoms with Crippen LogP contribution in [0.3, 0.4) is 0 Å². The van der Waals surface area contributed by atoms with Crippen LogP contribution in [0.5, 0.6) is 5.75 Å². The molecule has 0 radical (unpaired) electrons. The van der Waals surface area contributed by atoms with Crippen molar-refractivity contribution < 1.29 is 14.3 Å². The molecule has 0 spiro atoms. The van der Waals surface area contributed by atoms with Crippen molar-refractivity contribution in [2.45, 2.75) is 6.92 Å². The molecule has 25 heavy (non-hydrogen) atoms. The van der Waals surface area contributed by atoms with E-state index in [4.69, 9.17) is 4.74 Å². The summed E-state index contributed by atoms with van der Waals surface area (Å²) in [6, 6.07) is 24.3. The van der Waals surface area contributed by atoms with Crippen LogP contribution in [0.1, 0.15) is 22.8 Å². The van der Waals surface area contributed by atoms with Crippen molar-refractivity contribution in [1.82, 2.24) is 0 Å². The first-order valence-electron chi connectivity index (χ1n) is 8.06. The molecule has 124 valence electrons. The van der Waals surface area contributed by atoms with E-state index in [1.165, 1.54) is 6.92 Å². The van der Waals surface area contributed by atoms with Crippen LogP contribution in [-0.2, 0) is 4.79 Å². The van der Waals surface area contributed by atoms with Gasteiger partial charge >= 0.3 is 0 Å². The molecular formula is C22H18O3. The molecule has 0 atom stereocenters. The third kappa shape index (κ3) is 4.21. The molecule has 0 N–H and O–H groups in total. The van der Waals surface area contributed by atoms with Gasteiger partial charge in [0.25, 0.3) is 0 Å². The number of rotatable bonds is 6. The van der Waals surface area contributed by atoms with Crippen molar-refractivity contribution in [3.05, 3.63) is 90.0 Å². The van der Waals surface area contributed by atoms with Crippen LogP contribution in [0.25, 0.3) is 11.1 Å². The molecule has 3 aromatic carbocycles. The first kappa shape index (κ1) is 16.7. The molecule has 0 aliphatic carbocycles. The van der Waals surface area contributed by atoms with Gasteiger partial charge in [-0.05, 0) is 30.2 Å². The summed E-state index contributed by atoms with van der Waals surface area (Å²) in [4.78, 5) is 23.4. The smallest absolute Gasteiger partial charge is 0.193 e. The van der Waals surface area contributed by atoms with E-state index in [1.807, 2.05) is 78.9 Å². The lowest BCUT2D eigenvalue weighted by Crippen LogP contribution is -2.06. The number of carbonyl (C=O) groups excluding carboxylic acids is 2. The number of carbonyl (C=O) groups is 2. The van der Waals surface area contributed by atoms with Crippen molar-refractivity contribution in [2.24, 2.45) is 0 Å². The summed E-state index contributed by atoms with van der Waals surface area (Å²) in [5.41, 5.74) is 3.38. The lowest BCUT2D eigenvalue weighted by atomic mass is 9.99. The Hall–Kier alpha value is -3.20. The van der Waals surface area contributed by atoms with Gasteiger partial charge in [-0.2, -0.15) is 0 Å². The van der Waals surface area contributed by atoms with Gasteiger partial charge in [-0.15, -0.1) is 0 Å². The zero-order chi connectivity index (χ0) is 17.6. The topological polar surface area (TPSA) is 43.4 Å². The zero-order valence-electron chi connectivity index (χ0n) is 13.9. The van der Waals surface area contributed by atoms with E-state index in [0.29, 0.717) is 16.9 Å². The second kappa shape index (κ2) is 7.58. The van der Waals surface area contributed by atoms with Crippen LogP contribution in [0.2, 0.25) is 0 Å². The van der Waals surface area contributed by atoms with Gasteiger partial charge in [-0.3, -0.25) is 9.59 Å². The predicted octanol–water partition coefficient (Wildman–Crippen LogP) is 4.55. The molecule has 0 aliphatic heterocycles. The summed E-state index contributed by atoms with van der Waals surface area (Å²) in [7, 11) is 0. The molecule has 0 unspecified atom stereocenters. The number of Topliss-reactive ketones (excluding diaryl/α,β-unsaturated/α-hetero) is 1. The molecule has 0 aliphatic rings. The van der Waals surface area contributed by atoms with Gasteiger partial charge in [-0.1, -0.05) is 66.7 Å². The van der Waals surface area contributed by atoms with Gasteiger partial charge in [0.15, 0.2) is 11.6 Å². The first-order chi connectivity index (χ1) is 12.1. The Morgan fingerprint density at radius 2 is 1.24 bits per heavy atom. The molecule has 0 amide bonds. The summed E-state index contributed by atoms with van der Waals surface area (Å²) in [5.74, 6) is 0.665. The van der Waals surface area contributed by atoms with E-state index < -0.39 is 0 Å². The van der Waals surface area contributed by atoms with Crippen molar-refractivity contribution in [1.29, 1.82) is 0 Å². The fourth-order valence-corrected chi connectivity index (χ4v) is 2.50. The summed E-state index contributed by atoms with van der Waals surface area (Å²) in [6.45, 7) is 1.57. The Morgan fingerprint density at radius 1 is 0.720 bits per heavy atom. The van der Waals surface area contributed by atoms with Gasteiger partial charge in [0, 0.05) is 11.1 Å². The van der Waals surface area contributed by atoms with E-state index in [9.17, 15) is 9.59 Å². The number of hydrogen-bond acceptors (Lipinski definition) is 3. The zero-order valence-corrected chi connectivity index (χ0v) is 13.9. The standard InChI is InChI=1S/C22H18O3/c1-16(23)15-25-21-13-11-18(12-14-21)17-7-9-20(10-8-17)22(24)19-5-3-2-4-6-19/h2-14H,15H2,1H3. The van der Waals surface area contributed by atoms with Crippen LogP contribution in [-0.4, -0.2) is 18.2 Å². The van der Waals surface area contributed by atoms with Crippen molar-refractivity contribution >= 4 is 11.6 Å². The van der Waals surface area contributed by atoms with Crippen LogP contribution in [0.15, 0.2) is 78.9 Å². The third-order valence-corrected chi connectivity index (χ3v) is 3.81. The van der Waals surface area contributed by atoms with E-state index >= 15 is 0 Å². The summed E-state index contributed by atoms with van der Waals surface area (Å²) < 4.78 is 5.36. The highest BCUT2D eigenvalue weighted by atomic mass is 16.5. The Labute approximate surface area is 146 Å². The summed E-state index contributed by atoms with van der Waals surface area (Å²) in [6.07, 6.45) is 0. The largest absolute Gasteiger partial charge is 0.486 e. The minimum Gasteiger partial charge on any atom is -0.486 e. The van der Waals surface area contributed by atoms with Crippen LogP contribution >= 0.6 is 0 Å². The number of benzene rings is 3. The molecule has 3 heteroatoms. The van der Waals surface area contributed by atoms with Gasteiger partial charge in [0.05, 0.1) is 0 Å². The van der Waals surface area contributed by atoms with Crippen LogP contribution in [0.4, 0.5) is 0 Å². The quantitative estimate of drug-likeness (QED) is 0.623. The average Bonchev–Trinajstić information content (AvgIpc) is 2.67. The summed E-state index contributed by atoms with van der Waals surface area (Å²) in [5, 5.41) is 0.